The molecule has 19 heavy (non-hydrogen) atoms. The lowest BCUT2D eigenvalue weighted by Gasteiger charge is -2.20. The molecule has 1 aromatic rings. The second kappa shape index (κ2) is 5.60. The largest absolute Gasteiger partial charge is 0.399 e. The SMILES string of the molecule is CN1CCCN(C(=O)Nc2cccc(N)c2)CC1=O. The van der Waals surface area contributed by atoms with E-state index >= 15 is 0 Å². The number of nitrogens with two attached hydrogens (primary N) is 1. The maximum atomic E-state index is 12.1. The van der Waals surface area contributed by atoms with Crippen LogP contribution in [0.1, 0.15) is 6.42 Å². The van der Waals surface area contributed by atoms with Crippen LogP contribution in [0.4, 0.5) is 16.2 Å². The molecule has 6 heteroatoms. The van der Waals surface area contributed by atoms with E-state index in [1.54, 1.807) is 36.2 Å². The molecule has 102 valence electrons. The van der Waals surface area contributed by atoms with E-state index in [1.807, 2.05) is 0 Å². The highest BCUT2D eigenvalue weighted by atomic mass is 16.2. The van der Waals surface area contributed by atoms with Crippen LogP contribution < -0.4 is 11.1 Å². The van der Waals surface area contributed by atoms with Gasteiger partial charge in [-0.15, -0.1) is 0 Å². The van der Waals surface area contributed by atoms with E-state index in [1.165, 1.54) is 4.90 Å². The van der Waals surface area contributed by atoms with E-state index in [9.17, 15) is 9.59 Å². The first-order chi connectivity index (χ1) is 9.06. The summed E-state index contributed by atoms with van der Waals surface area (Å²) in [5.41, 5.74) is 6.87. The van der Waals surface area contributed by atoms with Crippen molar-refractivity contribution < 1.29 is 9.59 Å². The first-order valence-electron chi connectivity index (χ1n) is 6.21. The third kappa shape index (κ3) is 3.37. The Bertz CT molecular complexity index is 489. The van der Waals surface area contributed by atoms with E-state index in [2.05, 4.69) is 5.32 Å². The van der Waals surface area contributed by atoms with Gasteiger partial charge in [0, 0.05) is 31.5 Å². The number of likely N-dealkylation sites (N-methyl/N-ethyl adjacent to an activating group) is 1. The molecule has 1 fully saturated rings. The van der Waals surface area contributed by atoms with Crippen LogP contribution in [-0.2, 0) is 4.79 Å². The first kappa shape index (κ1) is 13.2. The Morgan fingerprint density at radius 2 is 2.16 bits per heavy atom. The number of benzene rings is 1. The normalized spacial score (nSPS) is 16.2. The maximum absolute atomic E-state index is 12.1. The predicted molar refractivity (Wildman–Crippen MR) is 73.7 cm³/mol. The minimum absolute atomic E-state index is 0.0415. The molecule has 0 aliphatic carbocycles. The van der Waals surface area contributed by atoms with Crippen molar-refractivity contribution in [2.45, 2.75) is 6.42 Å². The van der Waals surface area contributed by atoms with Gasteiger partial charge in [-0.2, -0.15) is 0 Å². The second-order valence-electron chi connectivity index (χ2n) is 4.65. The molecule has 0 bridgehead atoms. The van der Waals surface area contributed by atoms with Crippen molar-refractivity contribution >= 4 is 23.3 Å². The fourth-order valence-corrected chi connectivity index (χ4v) is 1.98. The number of hydrogen-bond donors (Lipinski definition) is 2. The van der Waals surface area contributed by atoms with Gasteiger partial charge >= 0.3 is 6.03 Å². The summed E-state index contributed by atoms with van der Waals surface area (Å²) in [4.78, 5) is 27.0. The van der Waals surface area contributed by atoms with Gasteiger partial charge in [0.15, 0.2) is 0 Å². The molecule has 0 atom stereocenters. The minimum Gasteiger partial charge on any atom is -0.399 e. The third-order valence-electron chi connectivity index (χ3n) is 3.10. The van der Waals surface area contributed by atoms with Crippen LogP contribution in [0.15, 0.2) is 24.3 Å². The zero-order valence-electron chi connectivity index (χ0n) is 10.9. The molecule has 0 saturated carbocycles. The molecule has 2 rings (SSSR count). The van der Waals surface area contributed by atoms with Gasteiger partial charge in [0.1, 0.15) is 6.54 Å². The van der Waals surface area contributed by atoms with Gasteiger partial charge < -0.3 is 20.9 Å². The van der Waals surface area contributed by atoms with Crippen LogP contribution in [0.2, 0.25) is 0 Å². The molecule has 3 N–H and O–H groups in total. The number of nitrogens with one attached hydrogen (secondary N) is 1. The van der Waals surface area contributed by atoms with Crippen molar-refractivity contribution in [3.05, 3.63) is 24.3 Å². The molecule has 0 spiro atoms. The molecule has 0 unspecified atom stereocenters. The van der Waals surface area contributed by atoms with Crippen LogP contribution in [0.3, 0.4) is 0 Å². The van der Waals surface area contributed by atoms with Gasteiger partial charge in [-0.25, -0.2) is 4.79 Å². The van der Waals surface area contributed by atoms with Gasteiger partial charge in [-0.1, -0.05) is 6.07 Å². The molecule has 3 amide bonds. The topological polar surface area (TPSA) is 78.7 Å². The number of carbonyl (C=O) groups is 2. The molecule has 1 aromatic carbocycles. The summed E-state index contributed by atoms with van der Waals surface area (Å²) < 4.78 is 0. The molecule has 6 nitrogen and oxygen atoms in total. The number of hydrogen-bond acceptors (Lipinski definition) is 3. The molecule has 1 aliphatic rings. The van der Waals surface area contributed by atoms with Crippen molar-refractivity contribution in [3.63, 3.8) is 0 Å². The summed E-state index contributed by atoms with van der Waals surface area (Å²) in [6.07, 6.45) is 0.784. The standard InChI is InChI=1S/C13H18N4O2/c1-16-6-3-7-17(9-12(16)18)13(19)15-11-5-2-4-10(14)8-11/h2,4-5,8H,3,6-7,9,14H2,1H3,(H,15,19). The van der Waals surface area contributed by atoms with Gasteiger partial charge in [0.2, 0.25) is 5.91 Å². The van der Waals surface area contributed by atoms with E-state index in [-0.39, 0.29) is 18.5 Å². The Labute approximate surface area is 112 Å². The summed E-state index contributed by atoms with van der Waals surface area (Å²) in [7, 11) is 1.75. The Hall–Kier alpha value is -2.24. The van der Waals surface area contributed by atoms with Crippen LogP contribution in [0, 0.1) is 0 Å². The molecule has 1 aliphatic heterocycles. The van der Waals surface area contributed by atoms with Crippen molar-refractivity contribution in [1.82, 2.24) is 9.80 Å². The Balaban J connectivity index is 2.01. The summed E-state index contributed by atoms with van der Waals surface area (Å²) in [5, 5.41) is 2.75. The van der Waals surface area contributed by atoms with Crippen LogP contribution >= 0.6 is 0 Å². The summed E-state index contributed by atoms with van der Waals surface area (Å²) in [6, 6.07) is 6.70. The van der Waals surface area contributed by atoms with Gasteiger partial charge in [0.25, 0.3) is 0 Å². The smallest absolute Gasteiger partial charge is 0.322 e. The quantitative estimate of drug-likeness (QED) is 0.740. The Morgan fingerprint density at radius 1 is 1.37 bits per heavy atom. The highest BCUT2D eigenvalue weighted by molar-refractivity contribution is 5.92. The predicted octanol–water partition coefficient (Wildman–Crippen LogP) is 0.965. The van der Waals surface area contributed by atoms with Crippen molar-refractivity contribution in [3.8, 4) is 0 Å². The summed E-state index contributed by atoms with van der Waals surface area (Å²) >= 11 is 0. The summed E-state index contributed by atoms with van der Waals surface area (Å²) in [6.45, 7) is 1.37. The third-order valence-corrected chi connectivity index (χ3v) is 3.10. The number of carbonyl (C=O) groups excluding carboxylic acids is 2. The molecule has 0 aromatic heterocycles. The number of nitrogen functional groups attached to an aromatic ring is 1. The number of rotatable bonds is 1. The van der Waals surface area contributed by atoms with E-state index < -0.39 is 0 Å². The van der Waals surface area contributed by atoms with E-state index in [4.69, 9.17) is 5.73 Å². The maximum Gasteiger partial charge on any atom is 0.322 e. The lowest BCUT2D eigenvalue weighted by Crippen LogP contribution is -2.40. The fraction of sp³-hybridized carbons (Fsp3) is 0.385. The molecular weight excluding hydrogens is 244 g/mol. The van der Waals surface area contributed by atoms with Crippen molar-refractivity contribution in [2.75, 3.05) is 37.7 Å². The average molecular weight is 262 g/mol. The van der Waals surface area contributed by atoms with Crippen LogP contribution in [-0.4, -0.2) is 48.4 Å². The second-order valence-corrected chi connectivity index (χ2v) is 4.65. The number of anilines is 2. The fourth-order valence-electron chi connectivity index (χ4n) is 1.98. The van der Waals surface area contributed by atoms with Gasteiger partial charge in [-0.05, 0) is 24.6 Å². The molecule has 1 heterocycles. The zero-order chi connectivity index (χ0) is 13.8. The highest BCUT2D eigenvalue weighted by Crippen LogP contribution is 2.13. The number of nitrogens with zero attached hydrogens (tertiary/aromatic N) is 2. The monoisotopic (exact) mass is 262 g/mol. The highest BCUT2D eigenvalue weighted by Gasteiger charge is 2.22. The minimum atomic E-state index is -0.269. The molecule has 0 radical (unpaired) electrons. The summed E-state index contributed by atoms with van der Waals surface area (Å²) in [5.74, 6) is -0.0415. The van der Waals surface area contributed by atoms with Crippen molar-refractivity contribution in [1.29, 1.82) is 0 Å². The number of urea groups is 1. The van der Waals surface area contributed by atoms with Crippen molar-refractivity contribution in [2.24, 2.45) is 0 Å². The lowest BCUT2D eigenvalue weighted by molar-refractivity contribution is -0.129. The van der Waals surface area contributed by atoms with E-state index in [0.717, 1.165) is 6.42 Å². The number of amides is 3. The van der Waals surface area contributed by atoms with Gasteiger partial charge in [-0.3, -0.25) is 4.79 Å². The first-order valence-corrected chi connectivity index (χ1v) is 6.21. The van der Waals surface area contributed by atoms with Gasteiger partial charge in [0.05, 0.1) is 0 Å². The molecule has 1 saturated heterocycles. The zero-order valence-corrected chi connectivity index (χ0v) is 10.9. The Morgan fingerprint density at radius 3 is 2.89 bits per heavy atom. The molecular formula is C13H18N4O2. The average Bonchev–Trinajstić information content (AvgIpc) is 2.52. The lowest BCUT2D eigenvalue weighted by atomic mass is 10.3. The van der Waals surface area contributed by atoms with Crippen LogP contribution in [0.5, 0.6) is 0 Å². The van der Waals surface area contributed by atoms with Crippen LogP contribution in [0.25, 0.3) is 0 Å². The Kier molecular flexibility index (Phi) is 3.89. The van der Waals surface area contributed by atoms with E-state index in [0.29, 0.717) is 24.5 Å².